The molecule has 1 aromatic carbocycles. The van der Waals surface area contributed by atoms with Crippen LogP contribution in [0.25, 0.3) is 0 Å². The predicted octanol–water partition coefficient (Wildman–Crippen LogP) is 3.68. The van der Waals surface area contributed by atoms with Crippen LogP contribution in [0.15, 0.2) is 24.3 Å². The lowest BCUT2D eigenvalue weighted by atomic mass is 10.1. The molecule has 3 heteroatoms. The van der Waals surface area contributed by atoms with E-state index >= 15 is 0 Å². The monoisotopic (exact) mass is 255 g/mol. The first-order valence-electron chi connectivity index (χ1n) is 6.13. The highest BCUT2D eigenvalue weighted by atomic mass is 35.5. The van der Waals surface area contributed by atoms with E-state index in [4.69, 9.17) is 16.3 Å². The molecule has 1 aromatic rings. The first-order valence-corrected chi connectivity index (χ1v) is 6.66. The lowest BCUT2D eigenvalue weighted by Crippen LogP contribution is -2.35. The molecule has 2 nitrogen and oxygen atoms in total. The van der Waals surface area contributed by atoms with Gasteiger partial charge in [-0.1, -0.05) is 19.1 Å². The van der Waals surface area contributed by atoms with Gasteiger partial charge in [-0.2, -0.15) is 0 Å². The minimum Gasteiger partial charge on any atom is -0.383 e. The number of hydrogen-bond acceptors (Lipinski definition) is 2. The van der Waals surface area contributed by atoms with Gasteiger partial charge in [-0.15, -0.1) is 11.6 Å². The highest BCUT2D eigenvalue weighted by molar-refractivity contribution is 6.17. The second kappa shape index (κ2) is 7.57. The molecule has 0 saturated carbocycles. The summed E-state index contributed by atoms with van der Waals surface area (Å²) in [6, 6.07) is 8.97. The number of alkyl halides is 1. The Hall–Kier alpha value is -0.730. The number of nitrogens with zero attached hydrogens (tertiary/aromatic N) is 1. The van der Waals surface area contributed by atoms with E-state index < -0.39 is 0 Å². The number of rotatable bonds is 7. The highest BCUT2D eigenvalue weighted by Gasteiger charge is 2.12. The smallest absolute Gasteiger partial charge is 0.0637 e. The normalized spacial score (nSPS) is 12.5. The summed E-state index contributed by atoms with van der Waals surface area (Å²) in [7, 11) is 1.74. The maximum Gasteiger partial charge on any atom is 0.0637 e. The molecule has 0 bridgehead atoms. The minimum atomic E-state index is 0.520. The van der Waals surface area contributed by atoms with Crippen molar-refractivity contribution in [3.63, 3.8) is 0 Å². The van der Waals surface area contributed by atoms with Crippen molar-refractivity contribution in [3.8, 4) is 0 Å². The van der Waals surface area contributed by atoms with Gasteiger partial charge in [-0.05, 0) is 31.0 Å². The molecule has 1 unspecified atom stereocenters. The Morgan fingerprint density at radius 1 is 1.29 bits per heavy atom. The van der Waals surface area contributed by atoms with Crippen LogP contribution in [0.5, 0.6) is 0 Å². The molecule has 0 amide bonds. The van der Waals surface area contributed by atoms with E-state index in [1.54, 1.807) is 7.11 Å². The van der Waals surface area contributed by atoms with Crippen molar-refractivity contribution >= 4 is 17.3 Å². The summed E-state index contributed by atoms with van der Waals surface area (Å²) in [6.45, 7) is 6.12. The molecule has 0 aliphatic heterocycles. The third kappa shape index (κ3) is 4.21. The molecule has 0 saturated heterocycles. The third-order valence-corrected chi connectivity index (χ3v) is 3.39. The van der Waals surface area contributed by atoms with Gasteiger partial charge in [0.05, 0.1) is 6.61 Å². The topological polar surface area (TPSA) is 12.5 Å². The van der Waals surface area contributed by atoms with Crippen molar-refractivity contribution in [1.29, 1.82) is 0 Å². The maximum absolute atomic E-state index is 5.80. The van der Waals surface area contributed by atoms with Crippen LogP contribution in [0.3, 0.4) is 0 Å². The van der Waals surface area contributed by atoms with E-state index in [0.29, 0.717) is 11.9 Å². The molecule has 0 spiro atoms. The molecule has 0 N–H and O–H groups in total. The van der Waals surface area contributed by atoms with Gasteiger partial charge in [0, 0.05) is 31.3 Å². The summed E-state index contributed by atoms with van der Waals surface area (Å²) in [5.41, 5.74) is 2.40. The van der Waals surface area contributed by atoms with Crippen LogP contribution in [0.2, 0.25) is 0 Å². The fourth-order valence-electron chi connectivity index (χ4n) is 1.79. The molecule has 96 valence electrons. The van der Waals surface area contributed by atoms with Crippen LogP contribution in [0.1, 0.15) is 25.8 Å². The Morgan fingerprint density at radius 2 is 1.94 bits per heavy atom. The van der Waals surface area contributed by atoms with Crippen molar-refractivity contribution in [2.24, 2.45) is 0 Å². The average Bonchev–Trinajstić information content (AvgIpc) is 2.39. The fraction of sp³-hybridized carbons (Fsp3) is 0.571. The van der Waals surface area contributed by atoms with Crippen LogP contribution < -0.4 is 4.90 Å². The largest absolute Gasteiger partial charge is 0.383 e. The van der Waals surface area contributed by atoms with Gasteiger partial charge >= 0.3 is 0 Å². The second-order valence-corrected chi connectivity index (χ2v) is 4.51. The van der Waals surface area contributed by atoms with Gasteiger partial charge in [-0.3, -0.25) is 0 Å². The zero-order chi connectivity index (χ0) is 12.7. The Kier molecular flexibility index (Phi) is 6.38. The lowest BCUT2D eigenvalue weighted by Gasteiger charge is -2.30. The number of halogens is 1. The van der Waals surface area contributed by atoms with Crippen molar-refractivity contribution in [2.75, 3.05) is 25.2 Å². The molecule has 1 rings (SSSR count). The van der Waals surface area contributed by atoms with Crippen LogP contribution in [0, 0.1) is 0 Å². The zero-order valence-electron chi connectivity index (χ0n) is 10.9. The quantitative estimate of drug-likeness (QED) is 0.690. The van der Waals surface area contributed by atoms with E-state index in [9.17, 15) is 0 Å². The van der Waals surface area contributed by atoms with Gasteiger partial charge in [0.2, 0.25) is 0 Å². The summed E-state index contributed by atoms with van der Waals surface area (Å²) < 4.78 is 5.17. The molecule has 0 heterocycles. The zero-order valence-corrected chi connectivity index (χ0v) is 11.7. The summed E-state index contributed by atoms with van der Waals surface area (Å²) in [6.07, 6.45) is 1.13. The van der Waals surface area contributed by atoms with Crippen LogP contribution in [-0.4, -0.2) is 26.3 Å². The number of anilines is 1. The molecule has 0 aromatic heterocycles. The lowest BCUT2D eigenvalue weighted by molar-refractivity contribution is 0.203. The van der Waals surface area contributed by atoms with Crippen molar-refractivity contribution in [2.45, 2.75) is 32.2 Å². The van der Waals surface area contributed by atoms with E-state index in [2.05, 4.69) is 43.0 Å². The molecule has 1 atom stereocenters. The minimum absolute atomic E-state index is 0.520. The third-order valence-electron chi connectivity index (χ3n) is 3.08. The second-order valence-electron chi connectivity index (χ2n) is 4.24. The first-order chi connectivity index (χ1) is 8.22. The molecular weight excluding hydrogens is 234 g/mol. The molecule has 0 aliphatic carbocycles. The van der Waals surface area contributed by atoms with Gasteiger partial charge in [0.1, 0.15) is 0 Å². The molecule has 0 aliphatic rings. The summed E-state index contributed by atoms with van der Waals surface area (Å²) in [4.78, 5) is 2.38. The SMILES string of the molecule is CCC(C)N(CCOC)c1ccc(CCl)cc1. The van der Waals surface area contributed by atoms with Crippen LogP contribution >= 0.6 is 11.6 Å². The standard InChI is InChI=1S/C14H22ClNO/c1-4-12(2)16(9-10-17-3)14-7-5-13(11-15)6-8-14/h5-8,12H,4,9-11H2,1-3H3. The Morgan fingerprint density at radius 3 is 2.41 bits per heavy atom. The Labute approximate surface area is 110 Å². The Balaban J connectivity index is 2.79. The highest BCUT2D eigenvalue weighted by Crippen LogP contribution is 2.19. The van der Waals surface area contributed by atoms with E-state index in [0.717, 1.165) is 25.1 Å². The number of ether oxygens (including phenoxy) is 1. The van der Waals surface area contributed by atoms with Crippen LogP contribution in [-0.2, 0) is 10.6 Å². The van der Waals surface area contributed by atoms with E-state index in [-0.39, 0.29) is 0 Å². The van der Waals surface area contributed by atoms with Crippen molar-refractivity contribution < 1.29 is 4.74 Å². The summed E-state index contributed by atoms with van der Waals surface area (Å²) in [5, 5.41) is 0. The van der Waals surface area contributed by atoms with Gasteiger partial charge in [0.15, 0.2) is 0 Å². The fourth-order valence-corrected chi connectivity index (χ4v) is 1.97. The van der Waals surface area contributed by atoms with E-state index in [1.165, 1.54) is 5.69 Å². The molecule has 17 heavy (non-hydrogen) atoms. The van der Waals surface area contributed by atoms with Gasteiger partial charge in [0.25, 0.3) is 0 Å². The maximum atomic E-state index is 5.80. The average molecular weight is 256 g/mol. The summed E-state index contributed by atoms with van der Waals surface area (Å²) >= 11 is 5.80. The van der Waals surface area contributed by atoms with Crippen molar-refractivity contribution in [1.82, 2.24) is 0 Å². The number of hydrogen-bond donors (Lipinski definition) is 0. The van der Waals surface area contributed by atoms with Crippen molar-refractivity contribution in [3.05, 3.63) is 29.8 Å². The first kappa shape index (κ1) is 14.3. The van der Waals surface area contributed by atoms with E-state index in [1.807, 2.05) is 0 Å². The molecular formula is C14H22ClNO. The number of benzene rings is 1. The summed E-state index contributed by atoms with van der Waals surface area (Å²) in [5.74, 6) is 0.571. The number of methoxy groups -OCH3 is 1. The van der Waals surface area contributed by atoms with Crippen LogP contribution in [0.4, 0.5) is 5.69 Å². The predicted molar refractivity (Wildman–Crippen MR) is 75.0 cm³/mol. The van der Waals surface area contributed by atoms with Gasteiger partial charge < -0.3 is 9.64 Å². The molecule has 0 fully saturated rings. The van der Waals surface area contributed by atoms with Gasteiger partial charge in [-0.25, -0.2) is 0 Å². The molecule has 0 radical (unpaired) electrons. The Bertz CT molecular complexity index is 313.